The van der Waals surface area contributed by atoms with Crippen molar-refractivity contribution in [3.63, 3.8) is 0 Å². The number of hydrogen-bond donors (Lipinski definition) is 0. The van der Waals surface area contributed by atoms with Crippen molar-refractivity contribution in [2.45, 2.75) is 12.8 Å². The van der Waals surface area contributed by atoms with Gasteiger partial charge in [0.2, 0.25) is 0 Å². The molecule has 0 atom stereocenters. The van der Waals surface area contributed by atoms with E-state index in [0.29, 0.717) is 11.5 Å². The van der Waals surface area contributed by atoms with Gasteiger partial charge in [-0.3, -0.25) is 0 Å². The van der Waals surface area contributed by atoms with Crippen LogP contribution in [0.1, 0.15) is 12.8 Å². The third-order valence-electron chi connectivity index (χ3n) is 1.16. The Morgan fingerprint density at radius 1 is 1.00 bits per heavy atom. The number of hydrogen-bond acceptors (Lipinski definition) is 2. The van der Waals surface area contributed by atoms with Crippen LogP contribution in [0.2, 0.25) is 0 Å². The molecule has 0 aromatic carbocycles. The van der Waals surface area contributed by atoms with Gasteiger partial charge in [-0.25, -0.2) is 8.42 Å². The van der Waals surface area contributed by atoms with E-state index in [9.17, 15) is 8.42 Å². The molecule has 0 bridgehead atoms. The first-order valence-corrected chi connectivity index (χ1v) is 4.23. The van der Waals surface area contributed by atoms with E-state index in [1.54, 1.807) is 0 Å². The molecule has 52 valence electrons. The van der Waals surface area contributed by atoms with E-state index in [1.165, 1.54) is 0 Å². The molecule has 1 aliphatic heterocycles. The molecular weight excluding hydrogens is 307 g/mol. The second-order valence-corrected chi connectivity index (χ2v) is 4.16. The van der Waals surface area contributed by atoms with E-state index in [-0.39, 0.29) is 21.1 Å². The number of sulfone groups is 1. The Morgan fingerprint density at radius 3 is 1.50 bits per heavy atom. The zero-order valence-corrected chi connectivity index (χ0v) is 7.46. The van der Waals surface area contributed by atoms with Gasteiger partial charge in [0.1, 0.15) is 9.84 Å². The Kier molecular flexibility index (Phi) is 3.21. The molecule has 8 heavy (non-hydrogen) atoms. The summed E-state index contributed by atoms with van der Waals surface area (Å²) in [6.45, 7) is 0. The van der Waals surface area contributed by atoms with E-state index in [2.05, 4.69) is 0 Å². The second kappa shape index (κ2) is 2.97. The van der Waals surface area contributed by atoms with Crippen molar-refractivity contribution >= 4 is 9.84 Å². The van der Waals surface area contributed by atoms with Crippen LogP contribution in [-0.4, -0.2) is 19.9 Å². The Hall–Kier alpha value is 0.638. The van der Waals surface area contributed by atoms with E-state index in [1.807, 2.05) is 0 Å². The molecule has 1 aliphatic rings. The van der Waals surface area contributed by atoms with E-state index in [0.717, 1.165) is 12.8 Å². The van der Waals surface area contributed by atoms with Crippen LogP contribution in [0.3, 0.4) is 0 Å². The molecule has 0 aromatic heterocycles. The summed E-state index contributed by atoms with van der Waals surface area (Å²) >= 11 is 0. The average Bonchev–Trinajstić information content (AvgIpc) is 1.84. The molecule has 1 rings (SSSR count). The molecule has 0 radical (unpaired) electrons. The standard InChI is InChI=1S/C4H8O2S.Pt/c5-7(6)3-1-2-4-7;/h1-4H2;. The van der Waals surface area contributed by atoms with Gasteiger partial charge in [-0.15, -0.1) is 0 Å². The van der Waals surface area contributed by atoms with Crippen LogP contribution >= 0.6 is 0 Å². The maximum atomic E-state index is 10.4. The molecule has 0 aliphatic carbocycles. The third kappa shape index (κ3) is 2.27. The summed E-state index contributed by atoms with van der Waals surface area (Å²) in [5.41, 5.74) is 0. The topological polar surface area (TPSA) is 34.1 Å². The molecule has 1 saturated heterocycles. The van der Waals surface area contributed by atoms with Crippen molar-refractivity contribution in [2.75, 3.05) is 11.5 Å². The van der Waals surface area contributed by atoms with Crippen LogP contribution in [-0.2, 0) is 30.9 Å². The normalized spacial score (nSPS) is 24.5. The molecule has 4 heteroatoms. The summed E-state index contributed by atoms with van der Waals surface area (Å²) in [4.78, 5) is 0. The Bertz CT molecular complexity index is 137. The molecule has 0 aromatic rings. The summed E-state index contributed by atoms with van der Waals surface area (Å²) in [6, 6.07) is 0. The summed E-state index contributed by atoms with van der Waals surface area (Å²) in [5.74, 6) is 0.847. The first-order chi connectivity index (χ1) is 3.21. The fraction of sp³-hybridized carbons (Fsp3) is 1.00. The first kappa shape index (κ1) is 8.64. The minimum atomic E-state index is -2.55. The van der Waals surface area contributed by atoms with Crippen molar-refractivity contribution < 1.29 is 29.5 Å². The van der Waals surface area contributed by atoms with Crippen LogP contribution in [0.4, 0.5) is 0 Å². The minimum absolute atomic E-state index is 0. The molecule has 0 spiro atoms. The Balaban J connectivity index is 0.000000490. The summed E-state index contributed by atoms with van der Waals surface area (Å²) < 4.78 is 20.9. The van der Waals surface area contributed by atoms with Crippen molar-refractivity contribution in [2.24, 2.45) is 0 Å². The minimum Gasteiger partial charge on any atom is -0.229 e. The van der Waals surface area contributed by atoms with Gasteiger partial charge in [0.15, 0.2) is 0 Å². The molecule has 0 unspecified atom stereocenters. The van der Waals surface area contributed by atoms with Crippen molar-refractivity contribution in [1.82, 2.24) is 0 Å². The fourth-order valence-electron chi connectivity index (χ4n) is 0.746. The van der Waals surface area contributed by atoms with Crippen LogP contribution in [0.15, 0.2) is 0 Å². The van der Waals surface area contributed by atoms with Crippen LogP contribution in [0.5, 0.6) is 0 Å². The van der Waals surface area contributed by atoms with Crippen molar-refractivity contribution in [3.8, 4) is 0 Å². The van der Waals surface area contributed by atoms with Gasteiger partial charge in [-0.1, -0.05) is 0 Å². The summed E-state index contributed by atoms with van der Waals surface area (Å²) in [7, 11) is -2.55. The second-order valence-electron chi connectivity index (χ2n) is 1.86. The van der Waals surface area contributed by atoms with Gasteiger partial charge in [-0.2, -0.15) is 0 Å². The molecule has 0 saturated carbocycles. The fourth-order valence-corrected chi connectivity index (χ4v) is 2.24. The SMILES string of the molecule is O=S1(=O)CCCC1.[Pt]. The predicted molar refractivity (Wildman–Crippen MR) is 27.9 cm³/mol. The molecule has 0 amide bonds. The van der Waals surface area contributed by atoms with Gasteiger partial charge >= 0.3 is 0 Å². The average molecular weight is 315 g/mol. The smallest absolute Gasteiger partial charge is 0.150 e. The van der Waals surface area contributed by atoms with Gasteiger partial charge in [-0.05, 0) is 12.8 Å². The molecule has 2 nitrogen and oxygen atoms in total. The largest absolute Gasteiger partial charge is 0.229 e. The summed E-state index contributed by atoms with van der Waals surface area (Å²) in [5, 5.41) is 0. The van der Waals surface area contributed by atoms with Gasteiger partial charge in [0.25, 0.3) is 0 Å². The molecule has 1 heterocycles. The molecule has 1 fully saturated rings. The van der Waals surface area contributed by atoms with Crippen molar-refractivity contribution in [3.05, 3.63) is 0 Å². The van der Waals surface area contributed by atoms with Gasteiger partial charge in [0, 0.05) is 21.1 Å². The van der Waals surface area contributed by atoms with Gasteiger partial charge < -0.3 is 0 Å². The monoisotopic (exact) mass is 315 g/mol. The molecule has 0 N–H and O–H groups in total. The van der Waals surface area contributed by atoms with Crippen LogP contribution in [0, 0.1) is 0 Å². The predicted octanol–water partition coefficient (Wildman–Crippen LogP) is 0.193. The third-order valence-corrected chi connectivity index (χ3v) is 2.98. The Morgan fingerprint density at radius 2 is 1.38 bits per heavy atom. The maximum absolute atomic E-state index is 10.4. The quantitative estimate of drug-likeness (QED) is 0.640. The maximum Gasteiger partial charge on any atom is 0.150 e. The zero-order chi connectivity index (χ0) is 5.33. The summed E-state index contributed by atoms with van der Waals surface area (Å²) in [6.07, 6.45) is 1.75. The zero-order valence-electron chi connectivity index (χ0n) is 4.37. The van der Waals surface area contributed by atoms with E-state index in [4.69, 9.17) is 0 Å². The van der Waals surface area contributed by atoms with E-state index < -0.39 is 9.84 Å². The van der Waals surface area contributed by atoms with Crippen molar-refractivity contribution in [1.29, 1.82) is 0 Å². The van der Waals surface area contributed by atoms with Gasteiger partial charge in [0.05, 0.1) is 11.5 Å². The Labute approximate surface area is 63.8 Å². The number of rotatable bonds is 0. The van der Waals surface area contributed by atoms with Crippen LogP contribution < -0.4 is 0 Å². The van der Waals surface area contributed by atoms with E-state index >= 15 is 0 Å². The van der Waals surface area contributed by atoms with Crippen LogP contribution in [0.25, 0.3) is 0 Å². The molecular formula is C4H8O2PtS. The first-order valence-electron chi connectivity index (χ1n) is 2.41.